The van der Waals surface area contributed by atoms with Crippen LogP contribution < -0.4 is 0 Å². The molecule has 0 aliphatic carbocycles. The van der Waals surface area contributed by atoms with Crippen LogP contribution in [0.4, 0.5) is 0 Å². The van der Waals surface area contributed by atoms with Gasteiger partial charge in [-0.3, -0.25) is 9.59 Å². The minimum Gasteiger partial charge on any atom is -0.305 e. The fourth-order valence-electron chi connectivity index (χ4n) is 2.19. The van der Waals surface area contributed by atoms with E-state index in [2.05, 4.69) is 0 Å². The molecule has 1 aromatic heterocycles. The molecular formula is C17H19NO2S. The molecule has 0 saturated heterocycles. The third kappa shape index (κ3) is 4.34. The molecular weight excluding hydrogens is 282 g/mol. The number of hydrogen-bond acceptors (Lipinski definition) is 4. The van der Waals surface area contributed by atoms with Crippen molar-refractivity contribution >= 4 is 22.9 Å². The lowest BCUT2D eigenvalue weighted by atomic mass is 9.99. The van der Waals surface area contributed by atoms with Gasteiger partial charge in [-0.05, 0) is 31.1 Å². The van der Waals surface area contributed by atoms with Gasteiger partial charge in [-0.1, -0.05) is 30.3 Å². The first-order valence-corrected chi connectivity index (χ1v) is 7.78. The van der Waals surface area contributed by atoms with Crippen molar-refractivity contribution < 1.29 is 9.59 Å². The monoisotopic (exact) mass is 301 g/mol. The maximum atomic E-state index is 12.4. The molecule has 0 fully saturated rings. The zero-order valence-electron chi connectivity index (χ0n) is 12.3. The normalized spacial score (nSPS) is 10.8. The number of benzene rings is 1. The molecule has 2 aromatic rings. The molecule has 0 unspecified atom stereocenters. The average molecular weight is 301 g/mol. The molecule has 4 heteroatoms. The van der Waals surface area contributed by atoms with Gasteiger partial charge in [0, 0.05) is 24.9 Å². The number of Topliss-reactive ketones (excluding diaryl/α,β-unsaturated/α-hetero) is 2. The zero-order chi connectivity index (χ0) is 15.2. The quantitative estimate of drug-likeness (QED) is 0.732. The number of rotatable bonds is 7. The molecule has 0 aliphatic heterocycles. The van der Waals surface area contributed by atoms with Gasteiger partial charge in [-0.15, -0.1) is 11.3 Å². The highest BCUT2D eigenvalue weighted by molar-refractivity contribution is 7.12. The van der Waals surface area contributed by atoms with Crippen LogP contribution in [0.1, 0.15) is 38.4 Å². The standard InChI is InChI=1S/C17H19NO2S/c1-18(2)12-13-6-3-4-7-14(13)15(19)9-10-16(20)17-8-5-11-21-17/h3-8,11H,9-10,12H2,1-2H3. The second-order valence-corrected chi connectivity index (χ2v) is 6.17. The summed E-state index contributed by atoms with van der Waals surface area (Å²) in [4.78, 5) is 27.1. The average Bonchev–Trinajstić information content (AvgIpc) is 2.98. The first-order chi connectivity index (χ1) is 10.1. The van der Waals surface area contributed by atoms with Crippen LogP contribution in [0.15, 0.2) is 41.8 Å². The Labute approximate surface area is 129 Å². The van der Waals surface area contributed by atoms with Crippen molar-refractivity contribution in [2.24, 2.45) is 0 Å². The summed E-state index contributed by atoms with van der Waals surface area (Å²) < 4.78 is 0. The number of thiophene rings is 1. The highest BCUT2D eigenvalue weighted by atomic mass is 32.1. The Morgan fingerprint density at radius 3 is 2.38 bits per heavy atom. The van der Waals surface area contributed by atoms with Gasteiger partial charge in [0.25, 0.3) is 0 Å². The summed E-state index contributed by atoms with van der Waals surface area (Å²) in [6.07, 6.45) is 0.539. The van der Waals surface area contributed by atoms with E-state index in [1.165, 1.54) is 11.3 Å². The van der Waals surface area contributed by atoms with E-state index in [0.29, 0.717) is 0 Å². The van der Waals surface area contributed by atoms with E-state index in [1.807, 2.05) is 54.7 Å². The molecule has 0 radical (unpaired) electrons. The third-order valence-corrected chi connectivity index (χ3v) is 4.09. The first-order valence-electron chi connectivity index (χ1n) is 6.90. The molecule has 1 heterocycles. The lowest BCUT2D eigenvalue weighted by Gasteiger charge is -2.13. The molecule has 0 amide bonds. The third-order valence-electron chi connectivity index (χ3n) is 3.18. The van der Waals surface area contributed by atoms with E-state index in [0.717, 1.165) is 22.5 Å². The van der Waals surface area contributed by atoms with Crippen LogP contribution in [-0.2, 0) is 6.54 Å². The second kappa shape index (κ2) is 7.29. The molecule has 0 bridgehead atoms. The largest absolute Gasteiger partial charge is 0.305 e. The highest BCUT2D eigenvalue weighted by Gasteiger charge is 2.14. The minimum absolute atomic E-state index is 0.0392. The van der Waals surface area contributed by atoms with Gasteiger partial charge in [-0.2, -0.15) is 0 Å². The summed E-state index contributed by atoms with van der Waals surface area (Å²) in [7, 11) is 3.95. The van der Waals surface area contributed by atoms with Gasteiger partial charge in [0.2, 0.25) is 0 Å². The Morgan fingerprint density at radius 1 is 1.00 bits per heavy atom. The van der Waals surface area contributed by atoms with E-state index in [-0.39, 0.29) is 24.4 Å². The van der Waals surface area contributed by atoms with Crippen LogP contribution >= 0.6 is 11.3 Å². The fourth-order valence-corrected chi connectivity index (χ4v) is 2.89. The molecule has 21 heavy (non-hydrogen) atoms. The molecule has 0 atom stereocenters. The molecule has 0 spiro atoms. The molecule has 0 N–H and O–H groups in total. The topological polar surface area (TPSA) is 37.4 Å². The Bertz CT molecular complexity index is 617. The Kier molecular flexibility index (Phi) is 5.42. The predicted octanol–water partition coefficient (Wildman–Crippen LogP) is 3.66. The summed E-state index contributed by atoms with van der Waals surface area (Å²) in [5.41, 5.74) is 1.74. The van der Waals surface area contributed by atoms with Crippen molar-refractivity contribution in [2.45, 2.75) is 19.4 Å². The summed E-state index contributed by atoms with van der Waals surface area (Å²) in [5, 5.41) is 1.88. The lowest BCUT2D eigenvalue weighted by molar-refractivity contribution is 0.0918. The smallest absolute Gasteiger partial charge is 0.173 e. The summed E-state index contributed by atoms with van der Waals surface area (Å²) >= 11 is 1.42. The highest BCUT2D eigenvalue weighted by Crippen LogP contribution is 2.17. The van der Waals surface area contributed by atoms with Crippen molar-refractivity contribution in [3.05, 3.63) is 57.8 Å². The van der Waals surface area contributed by atoms with E-state index < -0.39 is 0 Å². The number of nitrogens with zero attached hydrogens (tertiary/aromatic N) is 1. The van der Waals surface area contributed by atoms with Crippen LogP contribution in [0.3, 0.4) is 0 Å². The van der Waals surface area contributed by atoms with E-state index in [1.54, 1.807) is 6.07 Å². The van der Waals surface area contributed by atoms with Crippen molar-refractivity contribution in [3.8, 4) is 0 Å². The maximum absolute atomic E-state index is 12.4. The second-order valence-electron chi connectivity index (χ2n) is 5.22. The van der Waals surface area contributed by atoms with Crippen LogP contribution in [0.25, 0.3) is 0 Å². The van der Waals surface area contributed by atoms with Gasteiger partial charge < -0.3 is 4.90 Å². The van der Waals surface area contributed by atoms with Gasteiger partial charge >= 0.3 is 0 Å². The van der Waals surface area contributed by atoms with Crippen molar-refractivity contribution in [1.82, 2.24) is 4.90 Å². The Balaban J connectivity index is 2.02. The summed E-state index contributed by atoms with van der Waals surface area (Å²) in [6.45, 7) is 0.723. The van der Waals surface area contributed by atoms with E-state index in [9.17, 15) is 9.59 Å². The molecule has 3 nitrogen and oxygen atoms in total. The maximum Gasteiger partial charge on any atom is 0.173 e. The number of carbonyl (C=O) groups is 2. The van der Waals surface area contributed by atoms with Crippen LogP contribution in [0.5, 0.6) is 0 Å². The summed E-state index contributed by atoms with van der Waals surface area (Å²) in [6, 6.07) is 11.3. The van der Waals surface area contributed by atoms with Gasteiger partial charge in [0.15, 0.2) is 11.6 Å². The van der Waals surface area contributed by atoms with Crippen LogP contribution in [-0.4, -0.2) is 30.6 Å². The number of ketones is 2. The van der Waals surface area contributed by atoms with Crippen molar-refractivity contribution in [1.29, 1.82) is 0 Å². The number of hydrogen-bond donors (Lipinski definition) is 0. The Morgan fingerprint density at radius 2 is 1.71 bits per heavy atom. The van der Waals surface area contributed by atoms with Gasteiger partial charge in [0.05, 0.1) is 4.88 Å². The van der Waals surface area contributed by atoms with E-state index >= 15 is 0 Å². The van der Waals surface area contributed by atoms with E-state index in [4.69, 9.17) is 0 Å². The van der Waals surface area contributed by atoms with Gasteiger partial charge in [-0.25, -0.2) is 0 Å². The summed E-state index contributed by atoms with van der Waals surface area (Å²) in [5.74, 6) is 0.0841. The minimum atomic E-state index is 0.0392. The molecule has 1 aromatic carbocycles. The SMILES string of the molecule is CN(C)Cc1ccccc1C(=O)CCC(=O)c1cccs1. The molecule has 2 rings (SSSR count). The zero-order valence-corrected chi connectivity index (χ0v) is 13.2. The van der Waals surface area contributed by atoms with Crippen LogP contribution in [0, 0.1) is 0 Å². The fraction of sp³-hybridized carbons (Fsp3) is 0.294. The predicted molar refractivity (Wildman–Crippen MR) is 86.0 cm³/mol. The van der Waals surface area contributed by atoms with Crippen molar-refractivity contribution in [2.75, 3.05) is 14.1 Å². The van der Waals surface area contributed by atoms with Gasteiger partial charge in [0.1, 0.15) is 0 Å². The number of carbonyl (C=O) groups excluding carboxylic acids is 2. The van der Waals surface area contributed by atoms with Crippen LogP contribution in [0.2, 0.25) is 0 Å². The Hall–Kier alpha value is -1.78. The first kappa shape index (κ1) is 15.6. The molecule has 110 valence electrons. The lowest BCUT2D eigenvalue weighted by Crippen LogP contribution is -2.14. The molecule has 0 aliphatic rings. The van der Waals surface area contributed by atoms with Crippen molar-refractivity contribution in [3.63, 3.8) is 0 Å². The molecule has 0 saturated carbocycles.